The van der Waals surface area contributed by atoms with Crippen LogP contribution in [0.3, 0.4) is 0 Å². The van der Waals surface area contributed by atoms with Crippen molar-refractivity contribution in [3.8, 4) is 10.6 Å². The van der Waals surface area contributed by atoms with Gasteiger partial charge in [0.2, 0.25) is 0 Å². The lowest BCUT2D eigenvalue weighted by Crippen LogP contribution is -2.44. The fourth-order valence-corrected chi connectivity index (χ4v) is 3.53. The van der Waals surface area contributed by atoms with Crippen LogP contribution in [0.1, 0.15) is 24.3 Å². The summed E-state index contributed by atoms with van der Waals surface area (Å²) in [4.78, 5) is 29.5. The van der Waals surface area contributed by atoms with Gasteiger partial charge in [-0.1, -0.05) is 19.9 Å². The number of thiophene rings is 1. The van der Waals surface area contributed by atoms with Crippen molar-refractivity contribution in [2.75, 3.05) is 0 Å². The van der Waals surface area contributed by atoms with Crippen molar-refractivity contribution in [3.05, 3.63) is 56.6 Å². The SMILES string of the molecule is CC(C)[C@@H](Cn1nc(-c2cccs2)ccc1=O)NC(=O)c1cscn1. The van der Waals surface area contributed by atoms with Crippen LogP contribution in [-0.2, 0) is 6.54 Å². The smallest absolute Gasteiger partial charge is 0.271 e. The van der Waals surface area contributed by atoms with Gasteiger partial charge in [-0.05, 0) is 23.4 Å². The van der Waals surface area contributed by atoms with E-state index in [1.54, 1.807) is 28.3 Å². The first-order chi connectivity index (χ1) is 12.0. The molecule has 0 radical (unpaired) electrons. The Balaban J connectivity index is 1.81. The summed E-state index contributed by atoms with van der Waals surface area (Å²) in [6, 6.07) is 6.93. The van der Waals surface area contributed by atoms with Gasteiger partial charge < -0.3 is 5.32 Å². The van der Waals surface area contributed by atoms with Crippen LogP contribution in [0.4, 0.5) is 0 Å². The van der Waals surface area contributed by atoms with Gasteiger partial charge in [0.25, 0.3) is 11.5 Å². The number of carbonyl (C=O) groups is 1. The van der Waals surface area contributed by atoms with Gasteiger partial charge in [-0.2, -0.15) is 5.10 Å². The first-order valence-electron chi connectivity index (χ1n) is 7.85. The van der Waals surface area contributed by atoms with Crippen molar-refractivity contribution in [3.63, 3.8) is 0 Å². The highest BCUT2D eigenvalue weighted by Crippen LogP contribution is 2.21. The minimum atomic E-state index is -0.234. The van der Waals surface area contributed by atoms with Crippen molar-refractivity contribution in [1.82, 2.24) is 20.1 Å². The van der Waals surface area contributed by atoms with Crippen molar-refractivity contribution in [2.45, 2.75) is 26.4 Å². The number of carbonyl (C=O) groups excluding carboxylic acids is 1. The molecule has 0 bridgehead atoms. The molecule has 0 aliphatic carbocycles. The second kappa shape index (κ2) is 7.71. The van der Waals surface area contributed by atoms with E-state index in [4.69, 9.17) is 0 Å². The van der Waals surface area contributed by atoms with Gasteiger partial charge in [0.1, 0.15) is 11.4 Å². The van der Waals surface area contributed by atoms with Crippen LogP contribution >= 0.6 is 22.7 Å². The fourth-order valence-electron chi connectivity index (χ4n) is 2.31. The number of nitrogens with zero attached hydrogens (tertiary/aromatic N) is 3. The molecule has 130 valence electrons. The van der Waals surface area contributed by atoms with Crippen molar-refractivity contribution in [1.29, 1.82) is 0 Å². The molecule has 0 saturated heterocycles. The first-order valence-corrected chi connectivity index (χ1v) is 9.68. The summed E-state index contributed by atoms with van der Waals surface area (Å²) in [7, 11) is 0. The molecule has 3 aromatic rings. The lowest BCUT2D eigenvalue weighted by atomic mass is 10.0. The van der Waals surface area contributed by atoms with Gasteiger partial charge in [0, 0.05) is 11.4 Å². The van der Waals surface area contributed by atoms with Gasteiger partial charge in [0.15, 0.2) is 0 Å². The highest BCUT2D eigenvalue weighted by atomic mass is 32.1. The summed E-state index contributed by atoms with van der Waals surface area (Å²) in [6.45, 7) is 4.31. The predicted molar refractivity (Wildman–Crippen MR) is 100 cm³/mol. The Labute approximate surface area is 153 Å². The number of hydrogen-bond acceptors (Lipinski definition) is 6. The number of amides is 1. The second-order valence-electron chi connectivity index (χ2n) is 5.91. The Morgan fingerprint density at radius 1 is 1.32 bits per heavy atom. The van der Waals surface area contributed by atoms with E-state index in [1.165, 1.54) is 22.1 Å². The largest absolute Gasteiger partial charge is 0.346 e. The maximum absolute atomic E-state index is 12.3. The van der Waals surface area contributed by atoms with E-state index in [2.05, 4.69) is 15.4 Å². The quantitative estimate of drug-likeness (QED) is 0.720. The lowest BCUT2D eigenvalue weighted by Gasteiger charge is -2.22. The Morgan fingerprint density at radius 3 is 2.80 bits per heavy atom. The topological polar surface area (TPSA) is 76.9 Å². The van der Waals surface area contributed by atoms with Crippen LogP contribution in [0.25, 0.3) is 10.6 Å². The molecule has 3 aromatic heterocycles. The summed E-state index contributed by atoms with van der Waals surface area (Å²) in [5.41, 5.74) is 2.58. The molecule has 0 aromatic carbocycles. The van der Waals surface area contributed by atoms with Crippen LogP contribution in [0.2, 0.25) is 0 Å². The fraction of sp³-hybridized carbons (Fsp3) is 0.294. The molecule has 0 aliphatic rings. The Hall–Kier alpha value is -2.32. The molecular formula is C17H18N4O2S2. The third-order valence-corrected chi connectivity index (χ3v) is 5.27. The minimum absolute atomic E-state index is 0.140. The Morgan fingerprint density at radius 2 is 2.16 bits per heavy atom. The molecule has 1 amide bonds. The zero-order chi connectivity index (χ0) is 17.8. The third-order valence-electron chi connectivity index (χ3n) is 3.80. The molecule has 0 aliphatic heterocycles. The van der Waals surface area contributed by atoms with E-state index in [0.717, 1.165) is 10.6 Å². The normalized spacial score (nSPS) is 12.3. The third kappa shape index (κ3) is 4.21. The molecule has 3 heterocycles. The van der Waals surface area contributed by atoms with Crippen LogP contribution in [0.5, 0.6) is 0 Å². The van der Waals surface area contributed by atoms with Gasteiger partial charge >= 0.3 is 0 Å². The minimum Gasteiger partial charge on any atom is -0.346 e. The molecule has 1 atom stereocenters. The monoisotopic (exact) mass is 374 g/mol. The zero-order valence-electron chi connectivity index (χ0n) is 13.9. The van der Waals surface area contributed by atoms with Crippen LogP contribution in [-0.4, -0.2) is 26.7 Å². The van der Waals surface area contributed by atoms with Crippen molar-refractivity contribution in [2.24, 2.45) is 5.92 Å². The van der Waals surface area contributed by atoms with Crippen LogP contribution < -0.4 is 10.9 Å². The maximum atomic E-state index is 12.3. The molecule has 3 rings (SSSR count). The summed E-state index contributed by atoms with van der Waals surface area (Å²) in [5.74, 6) is -0.0934. The van der Waals surface area contributed by atoms with Gasteiger partial charge in [-0.15, -0.1) is 22.7 Å². The summed E-state index contributed by atoms with van der Waals surface area (Å²) >= 11 is 2.94. The van der Waals surface area contributed by atoms with E-state index in [1.807, 2.05) is 31.4 Å². The Kier molecular flexibility index (Phi) is 5.40. The van der Waals surface area contributed by atoms with Gasteiger partial charge in [0.05, 0.1) is 23.0 Å². The summed E-state index contributed by atoms with van der Waals surface area (Å²) in [5, 5.41) is 11.1. The summed E-state index contributed by atoms with van der Waals surface area (Å²) in [6.07, 6.45) is 0. The molecule has 8 heteroatoms. The number of hydrogen-bond donors (Lipinski definition) is 1. The second-order valence-corrected chi connectivity index (χ2v) is 7.58. The van der Waals surface area contributed by atoms with E-state index in [0.29, 0.717) is 12.2 Å². The van der Waals surface area contributed by atoms with Gasteiger partial charge in [-0.25, -0.2) is 9.67 Å². The molecule has 0 spiro atoms. The maximum Gasteiger partial charge on any atom is 0.271 e. The average Bonchev–Trinajstić information content (AvgIpc) is 3.29. The summed E-state index contributed by atoms with van der Waals surface area (Å²) < 4.78 is 1.42. The zero-order valence-corrected chi connectivity index (χ0v) is 15.5. The number of nitrogens with one attached hydrogen (secondary N) is 1. The molecule has 0 fully saturated rings. The van der Waals surface area contributed by atoms with E-state index in [-0.39, 0.29) is 23.4 Å². The van der Waals surface area contributed by atoms with Crippen LogP contribution in [0, 0.1) is 5.92 Å². The Bertz CT molecular complexity index is 886. The van der Waals surface area contributed by atoms with Crippen molar-refractivity contribution < 1.29 is 4.79 Å². The average molecular weight is 374 g/mol. The van der Waals surface area contributed by atoms with Crippen molar-refractivity contribution >= 4 is 28.6 Å². The first kappa shape index (κ1) is 17.5. The molecule has 6 nitrogen and oxygen atoms in total. The van der Waals surface area contributed by atoms with E-state index < -0.39 is 0 Å². The molecule has 0 unspecified atom stereocenters. The molecule has 25 heavy (non-hydrogen) atoms. The number of rotatable bonds is 6. The lowest BCUT2D eigenvalue weighted by molar-refractivity contribution is 0.0914. The van der Waals surface area contributed by atoms with Gasteiger partial charge in [-0.3, -0.25) is 9.59 Å². The highest BCUT2D eigenvalue weighted by molar-refractivity contribution is 7.13. The van der Waals surface area contributed by atoms with E-state index in [9.17, 15) is 9.59 Å². The predicted octanol–water partition coefficient (Wildman–Crippen LogP) is 2.88. The number of aromatic nitrogens is 3. The van der Waals surface area contributed by atoms with E-state index >= 15 is 0 Å². The standard InChI is InChI=1S/C17H18N4O2S2/c1-11(2)13(19-17(23)14-9-24-10-18-14)8-21-16(22)6-5-12(20-21)15-4-3-7-25-15/h3-7,9-11,13H,8H2,1-2H3,(H,19,23)/t13-/m1/s1. The van der Waals surface area contributed by atoms with Crippen LogP contribution in [0.15, 0.2) is 45.3 Å². The number of thiazole rings is 1. The molecular weight excluding hydrogens is 356 g/mol. The molecule has 1 N–H and O–H groups in total. The molecule has 0 saturated carbocycles. The highest BCUT2D eigenvalue weighted by Gasteiger charge is 2.20.